The summed E-state index contributed by atoms with van der Waals surface area (Å²) in [7, 11) is 0. The molecule has 1 aliphatic carbocycles. The summed E-state index contributed by atoms with van der Waals surface area (Å²) in [6, 6.07) is 8.15. The third-order valence-electron chi connectivity index (χ3n) is 8.09. The van der Waals surface area contributed by atoms with Gasteiger partial charge in [-0.15, -0.1) is 12.2 Å². The van der Waals surface area contributed by atoms with Crippen LogP contribution in [0.25, 0.3) is 0 Å². The van der Waals surface area contributed by atoms with E-state index in [9.17, 15) is 20.4 Å². The van der Waals surface area contributed by atoms with Crippen LogP contribution < -0.4 is 20.4 Å². The standard InChI is InChI=1S/C36H54N2O2.2C3H7O.Ti/c1-33(2,3)25-17-23(31(39)27(19-25)35(7,8)9)21-37-29-15-13-14-16-30(29)38-22-24-18-26(34(4,5)6)20-28(32(24)40)36(10,11)12;2*1-3(2)4;/h17-22,29-30,39-40H,13-16H2,1-12H3;2*3H,1-2H3;/q;2*-1;+4/p-2/t29-,30-;;;/m1.../s1. The van der Waals surface area contributed by atoms with Crippen molar-refractivity contribution >= 4 is 12.4 Å². The van der Waals surface area contributed by atoms with Crippen LogP contribution in [-0.2, 0) is 43.4 Å². The summed E-state index contributed by atoms with van der Waals surface area (Å²) < 4.78 is 0. The van der Waals surface area contributed by atoms with E-state index in [1.165, 1.54) is 0 Å². The molecule has 1 aliphatic rings. The molecule has 1 fully saturated rings. The van der Waals surface area contributed by atoms with Crippen LogP contribution in [0.3, 0.4) is 0 Å². The van der Waals surface area contributed by atoms with Gasteiger partial charge in [-0.2, -0.15) is 0 Å². The Hall–Kier alpha value is -1.99. The van der Waals surface area contributed by atoms with Gasteiger partial charge in [-0.25, -0.2) is 0 Å². The molecule has 2 aromatic rings. The second-order valence-corrected chi connectivity index (χ2v) is 18.0. The van der Waals surface area contributed by atoms with E-state index in [0.29, 0.717) is 11.1 Å². The predicted molar refractivity (Wildman–Crippen MR) is 198 cm³/mol. The summed E-state index contributed by atoms with van der Waals surface area (Å²) in [5, 5.41) is 46.0. The molecule has 272 valence electrons. The van der Waals surface area contributed by atoms with Crippen LogP contribution in [0.2, 0.25) is 0 Å². The van der Waals surface area contributed by atoms with Crippen molar-refractivity contribution in [2.24, 2.45) is 9.98 Å². The molecule has 6 nitrogen and oxygen atoms in total. The van der Waals surface area contributed by atoms with Crippen molar-refractivity contribution in [3.05, 3.63) is 57.6 Å². The van der Waals surface area contributed by atoms with E-state index in [0.717, 1.165) is 47.9 Å². The van der Waals surface area contributed by atoms with Gasteiger partial charge in [-0.1, -0.05) is 159 Å². The summed E-state index contributed by atoms with van der Waals surface area (Å²) >= 11 is 0. The topological polar surface area (TPSA) is 117 Å². The Kier molecular flexibility index (Phi) is 18.2. The van der Waals surface area contributed by atoms with Crippen LogP contribution >= 0.6 is 0 Å². The number of benzene rings is 2. The van der Waals surface area contributed by atoms with Crippen molar-refractivity contribution in [1.29, 1.82) is 0 Å². The summed E-state index contributed by atoms with van der Waals surface area (Å²) in [4.78, 5) is 9.95. The molecular formula is C42H66N2O4Ti. The van der Waals surface area contributed by atoms with Gasteiger partial charge in [0.2, 0.25) is 0 Å². The molecule has 0 spiro atoms. The van der Waals surface area contributed by atoms with Crippen molar-refractivity contribution in [3.63, 3.8) is 0 Å². The molecular weight excluding hydrogens is 644 g/mol. The van der Waals surface area contributed by atoms with E-state index in [2.05, 4.69) is 95.2 Å². The molecule has 7 heteroatoms. The van der Waals surface area contributed by atoms with Gasteiger partial charge in [0.1, 0.15) is 0 Å². The van der Waals surface area contributed by atoms with Gasteiger partial charge < -0.3 is 20.4 Å². The first-order chi connectivity index (χ1) is 21.7. The third-order valence-corrected chi connectivity index (χ3v) is 8.09. The van der Waals surface area contributed by atoms with E-state index in [1.54, 1.807) is 40.1 Å². The second kappa shape index (κ2) is 19.0. The molecule has 0 heterocycles. The Bertz CT molecular complexity index is 1260. The normalized spacial score (nSPS) is 17.5. The monoisotopic (exact) mass is 710 g/mol. The Balaban J connectivity index is 0.00000230. The molecule has 49 heavy (non-hydrogen) atoms. The van der Waals surface area contributed by atoms with Gasteiger partial charge in [-0.05, 0) is 67.9 Å². The van der Waals surface area contributed by atoms with Gasteiger partial charge in [0.05, 0.1) is 12.1 Å². The van der Waals surface area contributed by atoms with E-state index in [1.807, 2.05) is 12.1 Å². The molecule has 0 N–H and O–H groups in total. The largest absolute Gasteiger partial charge is 4.00 e. The van der Waals surface area contributed by atoms with Crippen LogP contribution in [0.1, 0.15) is 170 Å². The fraction of sp³-hybridized carbons (Fsp3) is 0.667. The third kappa shape index (κ3) is 15.8. The molecule has 2 aromatic carbocycles. The van der Waals surface area contributed by atoms with Crippen LogP contribution in [0, 0.1) is 0 Å². The number of hydrogen-bond donors (Lipinski definition) is 0. The summed E-state index contributed by atoms with van der Waals surface area (Å²) in [6.45, 7) is 32.0. The quantitative estimate of drug-likeness (QED) is 0.243. The first-order valence-electron chi connectivity index (χ1n) is 17.8. The molecule has 3 rings (SSSR count). The second-order valence-electron chi connectivity index (χ2n) is 18.0. The Morgan fingerprint density at radius 2 is 0.816 bits per heavy atom. The molecule has 1 saturated carbocycles. The molecule has 2 atom stereocenters. The zero-order valence-corrected chi connectivity index (χ0v) is 35.2. The zero-order chi connectivity index (χ0) is 37.4. The van der Waals surface area contributed by atoms with Crippen molar-refractivity contribution in [3.8, 4) is 11.5 Å². The summed E-state index contributed by atoms with van der Waals surface area (Å²) in [5.74, 6) is 0.120. The fourth-order valence-electron chi connectivity index (χ4n) is 5.27. The molecule has 0 unspecified atom stereocenters. The van der Waals surface area contributed by atoms with E-state index in [4.69, 9.17) is 9.98 Å². The van der Waals surface area contributed by atoms with Gasteiger partial charge >= 0.3 is 21.7 Å². The van der Waals surface area contributed by atoms with Crippen molar-refractivity contribution in [2.75, 3.05) is 0 Å². The van der Waals surface area contributed by atoms with Crippen molar-refractivity contribution in [2.45, 2.75) is 182 Å². The van der Waals surface area contributed by atoms with Gasteiger partial charge in [-0.3, -0.25) is 9.98 Å². The molecule has 0 aliphatic heterocycles. The van der Waals surface area contributed by atoms with Crippen LogP contribution in [0.4, 0.5) is 0 Å². The van der Waals surface area contributed by atoms with Gasteiger partial charge in [0, 0.05) is 12.4 Å². The Morgan fingerprint density at radius 1 is 0.551 bits per heavy atom. The minimum Gasteiger partial charge on any atom is -0.872 e. The van der Waals surface area contributed by atoms with Crippen molar-refractivity contribution in [1.82, 2.24) is 0 Å². The van der Waals surface area contributed by atoms with E-state index in [-0.39, 0.29) is 67.0 Å². The van der Waals surface area contributed by atoms with Crippen LogP contribution in [0.5, 0.6) is 11.5 Å². The minimum absolute atomic E-state index is 0. The molecule has 0 bridgehead atoms. The molecule has 0 radical (unpaired) electrons. The first kappa shape index (κ1) is 47.0. The van der Waals surface area contributed by atoms with Crippen LogP contribution in [-0.4, -0.2) is 36.7 Å². The Labute approximate surface area is 314 Å². The average Bonchev–Trinajstić information content (AvgIpc) is 2.89. The maximum absolute atomic E-state index is 13.5. The molecule has 0 aromatic heterocycles. The summed E-state index contributed by atoms with van der Waals surface area (Å²) in [6.07, 6.45) is 6.79. The maximum atomic E-state index is 13.5. The maximum Gasteiger partial charge on any atom is 4.00 e. The van der Waals surface area contributed by atoms with E-state index < -0.39 is 12.2 Å². The van der Waals surface area contributed by atoms with Gasteiger partial charge in [0.15, 0.2) is 0 Å². The Morgan fingerprint density at radius 3 is 1.04 bits per heavy atom. The zero-order valence-electron chi connectivity index (χ0n) is 33.6. The van der Waals surface area contributed by atoms with Crippen LogP contribution in [0.15, 0.2) is 34.3 Å². The number of nitrogens with zero attached hydrogens (tertiary/aromatic N) is 2. The number of aliphatic imine (C=N–C) groups is 2. The molecule has 0 amide bonds. The SMILES string of the molecule is CC(C)(C)c1cc(C=N[C@@H]2CCCC[C@H]2N=Cc2cc(C(C)(C)C)cc(C(C)(C)C)c2[O-])c([O-])c(C(C)(C)C)c1.CC(C)[O-].CC(C)[O-].[Ti+4]. The predicted octanol–water partition coefficient (Wildman–Crippen LogP) is 7.38. The first-order valence-corrected chi connectivity index (χ1v) is 17.8. The van der Waals surface area contributed by atoms with Crippen molar-refractivity contribution < 1.29 is 42.1 Å². The summed E-state index contributed by atoms with van der Waals surface area (Å²) in [5.41, 5.74) is 4.62. The fourth-order valence-corrected chi connectivity index (χ4v) is 5.27. The minimum atomic E-state index is -0.417. The molecule has 0 saturated heterocycles. The number of rotatable bonds is 4. The smallest absolute Gasteiger partial charge is 0.872 e. The number of hydrogen-bond acceptors (Lipinski definition) is 6. The average molecular weight is 711 g/mol. The van der Waals surface area contributed by atoms with Gasteiger partial charge in [0.25, 0.3) is 0 Å². The van der Waals surface area contributed by atoms with E-state index >= 15 is 0 Å².